The van der Waals surface area contributed by atoms with E-state index in [0.717, 1.165) is 0 Å². The summed E-state index contributed by atoms with van der Waals surface area (Å²) in [4.78, 5) is 39.2. The number of piperidine rings is 1. The third-order valence-corrected chi connectivity index (χ3v) is 7.18. The summed E-state index contributed by atoms with van der Waals surface area (Å²) in [6, 6.07) is 10.7. The number of halogens is 2. The van der Waals surface area contributed by atoms with Crippen LogP contribution in [-0.4, -0.2) is 77.1 Å². The normalized spacial score (nSPS) is 20.7. The first-order valence-corrected chi connectivity index (χ1v) is 12.9. The van der Waals surface area contributed by atoms with Crippen molar-refractivity contribution in [1.82, 2.24) is 10.2 Å². The summed E-state index contributed by atoms with van der Waals surface area (Å²) in [6.07, 6.45) is -2.04. The molecule has 204 valence electrons. The van der Waals surface area contributed by atoms with Gasteiger partial charge in [-0.1, -0.05) is 41.4 Å². The Hall–Kier alpha value is -2.89. The number of nitrogens with zero attached hydrogens (tertiary/aromatic N) is 1. The second-order valence-electron chi connectivity index (χ2n) is 9.09. The number of amides is 2. The van der Waals surface area contributed by atoms with Crippen molar-refractivity contribution in [3.63, 3.8) is 0 Å². The van der Waals surface area contributed by atoms with Gasteiger partial charge >= 0.3 is 5.97 Å². The van der Waals surface area contributed by atoms with Crippen LogP contribution in [-0.2, 0) is 36.9 Å². The quantitative estimate of drug-likeness (QED) is 0.421. The van der Waals surface area contributed by atoms with E-state index in [1.165, 1.54) is 4.90 Å². The Labute approximate surface area is 229 Å². The number of aliphatic hydroxyl groups excluding tert-OH is 1. The minimum Gasteiger partial charge on any atom is -0.489 e. The number of carbonyl (C=O) groups excluding carboxylic acids is 2. The van der Waals surface area contributed by atoms with E-state index >= 15 is 0 Å². The molecule has 0 saturated carbocycles. The minimum atomic E-state index is -1.27. The van der Waals surface area contributed by atoms with Crippen molar-refractivity contribution in [2.24, 2.45) is 0 Å². The Morgan fingerprint density at radius 1 is 1.03 bits per heavy atom. The predicted octanol–water partition coefficient (Wildman–Crippen LogP) is 2.41. The summed E-state index contributed by atoms with van der Waals surface area (Å²) in [5, 5.41) is 22.8. The maximum absolute atomic E-state index is 12.9. The molecular formula is C26H28Cl2N2O8. The van der Waals surface area contributed by atoms with Crippen LogP contribution in [0.4, 0.5) is 0 Å². The van der Waals surface area contributed by atoms with Crippen LogP contribution in [0.3, 0.4) is 0 Å². The molecule has 1 unspecified atom stereocenters. The van der Waals surface area contributed by atoms with Gasteiger partial charge in [0.2, 0.25) is 0 Å². The summed E-state index contributed by atoms with van der Waals surface area (Å²) in [7, 11) is 0. The molecule has 12 heteroatoms. The lowest BCUT2D eigenvalue weighted by Crippen LogP contribution is -2.54. The van der Waals surface area contributed by atoms with E-state index < -0.39 is 42.1 Å². The Morgan fingerprint density at radius 2 is 1.66 bits per heavy atom. The van der Waals surface area contributed by atoms with E-state index in [9.17, 15) is 24.6 Å². The molecule has 2 aliphatic rings. The van der Waals surface area contributed by atoms with Crippen molar-refractivity contribution >= 4 is 41.0 Å². The Bertz CT molecular complexity index is 1130. The van der Waals surface area contributed by atoms with Gasteiger partial charge < -0.3 is 34.6 Å². The first-order chi connectivity index (χ1) is 18.2. The minimum absolute atomic E-state index is 0.00605. The van der Waals surface area contributed by atoms with E-state index in [4.69, 9.17) is 37.4 Å². The number of rotatable bonds is 9. The number of likely N-dealkylation sites (tertiary alicyclic amines) is 1. The highest BCUT2D eigenvalue weighted by molar-refractivity contribution is 6.35. The number of carboxylic acid groups (broad SMARTS) is 1. The molecule has 2 amide bonds. The van der Waals surface area contributed by atoms with Crippen molar-refractivity contribution in [1.29, 1.82) is 0 Å². The van der Waals surface area contributed by atoms with Gasteiger partial charge in [-0.3, -0.25) is 9.59 Å². The van der Waals surface area contributed by atoms with Gasteiger partial charge in [-0.2, -0.15) is 0 Å². The van der Waals surface area contributed by atoms with E-state index in [2.05, 4.69) is 5.32 Å². The monoisotopic (exact) mass is 566 g/mol. The zero-order chi connectivity index (χ0) is 27.2. The van der Waals surface area contributed by atoms with Crippen LogP contribution in [0.5, 0.6) is 5.75 Å². The molecule has 3 N–H and O–H groups in total. The van der Waals surface area contributed by atoms with Gasteiger partial charge in [0.1, 0.15) is 25.2 Å². The van der Waals surface area contributed by atoms with Gasteiger partial charge in [0.15, 0.2) is 12.2 Å². The number of aliphatic carboxylic acids is 1. The van der Waals surface area contributed by atoms with Crippen molar-refractivity contribution in [3.8, 4) is 5.75 Å². The largest absolute Gasteiger partial charge is 0.489 e. The van der Waals surface area contributed by atoms with E-state index in [-0.39, 0.29) is 19.8 Å². The fourth-order valence-corrected chi connectivity index (χ4v) is 4.78. The molecule has 3 atom stereocenters. The summed E-state index contributed by atoms with van der Waals surface area (Å²) in [5.74, 6) is -1.88. The second kappa shape index (κ2) is 12.8. The summed E-state index contributed by atoms with van der Waals surface area (Å²) < 4.78 is 16.4. The fraction of sp³-hybridized carbons (Fsp3) is 0.423. The molecule has 0 spiro atoms. The molecular weight excluding hydrogens is 539 g/mol. The topological polar surface area (TPSA) is 135 Å². The number of hydrogen-bond donors (Lipinski definition) is 3. The van der Waals surface area contributed by atoms with Crippen LogP contribution in [0.1, 0.15) is 24.0 Å². The number of carbonyl (C=O) groups is 3. The molecule has 0 radical (unpaired) electrons. The Balaban J connectivity index is 1.34. The van der Waals surface area contributed by atoms with Crippen LogP contribution in [0.15, 0.2) is 42.5 Å². The zero-order valence-electron chi connectivity index (χ0n) is 20.3. The van der Waals surface area contributed by atoms with Gasteiger partial charge in [-0.15, -0.1) is 0 Å². The maximum Gasteiger partial charge on any atom is 0.326 e. The fourth-order valence-electron chi connectivity index (χ4n) is 4.28. The lowest BCUT2D eigenvalue weighted by molar-refractivity contribution is -0.148. The standard InChI is InChI=1S/C26H28Cl2N2O8/c27-19-2-1-3-20(28)18(19)13-36-17-6-4-15(5-7-17)12-21(26(34)35)29-24(32)22-23(38-14-37-22)25(33)30-10-8-16(31)9-11-30/h1-7,16,21-23,31H,8-14H2,(H,29,32)(H,34,35)/t21?,22-,23-/m1/s1. The predicted molar refractivity (Wildman–Crippen MR) is 137 cm³/mol. The molecule has 2 saturated heterocycles. The molecule has 0 aliphatic carbocycles. The van der Waals surface area contributed by atoms with Crippen molar-refractivity contribution < 1.29 is 38.8 Å². The number of carboxylic acids is 1. The maximum atomic E-state index is 12.9. The molecule has 10 nitrogen and oxygen atoms in total. The van der Waals surface area contributed by atoms with Crippen LogP contribution < -0.4 is 10.1 Å². The summed E-state index contributed by atoms with van der Waals surface area (Å²) in [6.45, 7) is 0.588. The first-order valence-electron chi connectivity index (χ1n) is 12.1. The van der Waals surface area contributed by atoms with Crippen LogP contribution in [0.2, 0.25) is 10.0 Å². The second-order valence-corrected chi connectivity index (χ2v) is 9.90. The number of benzene rings is 2. The molecule has 2 aromatic rings. The van der Waals surface area contributed by atoms with Crippen LogP contribution in [0.25, 0.3) is 0 Å². The SMILES string of the molecule is O=C(O)C(Cc1ccc(OCc2c(Cl)cccc2Cl)cc1)NC(=O)[C@@H]1OCO[C@H]1C(=O)N1CCC(O)CC1. The van der Waals surface area contributed by atoms with E-state index in [1.54, 1.807) is 42.5 Å². The highest BCUT2D eigenvalue weighted by Gasteiger charge is 2.43. The van der Waals surface area contributed by atoms with Crippen LogP contribution in [0, 0.1) is 0 Å². The zero-order valence-corrected chi connectivity index (χ0v) is 21.9. The average molecular weight is 567 g/mol. The summed E-state index contributed by atoms with van der Waals surface area (Å²) in [5.41, 5.74) is 1.30. The molecule has 4 rings (SSSR count). The number of hydrogen-bond acceptors (Lipinski definition) is 7. The van der Waals surface area contributed by atoms with Gasteiger partial charge in [-0.25, -0.2) is 4.79 Å². The van der Waals surface area contributed by atoms with Crippen molar-refractivity contribution in [2.75, 3.05) is 19.9 Å². The van der Waals surface area contributed by atoms with Gasteiger partial charge in [0.05, 0.1) is 6.10 Å². The average Bonchev–Trinajstić information content (AvgIpc) is 3.39. The number of nitrogens with one attached hydrogen (secondary N) is 1. The lowest BCUT2D eigenvalue weighted by Gasteiger charge is -2.32. The van der Waals surface area contributed by atoms with Crippen molar-refractivity contribution in [2.45, 2.75) is 50.2 Å². The number of aliphatic hydroxyl groups is 1. The van der Waals surface area contributed by atoms with Gasteiger partial charge in [-0.05, 0) is 42.7 Å². The van der Waals surface area contributed by atoms with Crippen LogP contribution >= 0.6 is 23.2 Å². The molecule has 2 aliphatic heterocycles. The Morgan fingerprint density at radius 3 is 2.29 bits per heavy atom. The smallest absolute Gasteiger partial charge is 0.326 e. The molecule has 38 heavy (non-hydrogen) atoms. The third kappa shape index (κ3) is 6.95. The van der Waals surface area contributed by atoms with E-state index in [1.807, 2.05) is 0 Å². The third-order valence-electron chi connectivity index (χ3n) is 6.47. The van der Waals surface area contributed by atoms with E-state index in [0.29, 0.717) is 52.9 Å². The molecule has 2 aromatic carbocycles. The molecule has 0 aromatic heterocycles. The lowest BCUT2D eigenvalue weighted by atomic mass is 10.0. The molecule has 2 heterocycles. The van der Waals surface area contributed by atoms with Gasteiger partial charge in [0, 0.05) is 35.1 Å². The van der Waals surface area contributed by atoms with Gasteiger partial charge in [0.25, 0.3) is 11.8 Å². The number of ether oxygens (including phenoxy) is 3. The molecule has 0 bridgehead atoms. The summed E-state index contributed by atoms with van der Waals surface area (Å²) >= 11 is 12.3. The molecule has 2 fully saturated rings. The highest BCUT2D eigenvalue weighted by Crippen LogP contribution is 2.26. The first kappa shape index (κ1) is 28.1. The van der Waals surface area contributed by atoms with Crippen molar-refractivity contribution in [3.05, 3.63) is 63.6 Å². The Kier molecular flexibility index (Phi) is 9.45. The highest BCUT2D eigenvalue weighted by atomic mass is 35.5.